The summed E-state index contributed by atoms with van der Waals surface area (Å²) in [4.78, 5) is 6.76. The Labute approximate surface area is 82.5 Å². The van der Waals surface area contributed by atoms with Crippen LogP contribution in [0.5, 0.6) is 0 Å². The number of fused-ring (bicyclic) bond motifs is 1. The summed E-state index contributed by atoms with van der Waals surface area (Å²) < 4.78 is 25.3. The molecule has 0 saturated carbocycles. The van der Waals surface area contributed by atoms with Crippen LogP contribution in [0.25, 0.3) is 11.0 Å². The molecule has 1 aromatic heterocycles. The lowest BCUT2D eigenvalue weighted by Crippen LogP contribution is -1.82. The fourth-order valence-electron chi connectivity index (χ4n) is 1.13. The summed E-state index contributed by atoms with van der Waals surface area (Å²) in [5.74, 6) is -1.07. The Kier molecular flexibility index (Phi) is 3.17. The molecule has 0 fully saturated rings. The zero-order valence-electron chi connectivity index (χ0n) is 8.36. The molecule has 1 N–H and O–H groups in total. The number of nitrogens with zero attached hydrogens (tertiary/aromatic N) is 1. The SMILES string of the molecule is CC.Cc1nc2cc(F)c(F)cc2[nH]1.[HH]. The Bertz CT molecular complexity index is 401. The lowest BCUT2D eigenvalue weighted by Gasteiger charge is -1.90. The maximum absolute atomic E-state index is 12.6. The molecule has 0 radical (unpaired) electrons. The molecule has 0 unspecified atom stereocenters. The average molecular weight is 200 g/mol. The van der Waals surface area contributed by atoms with Crippen molar-refractivity contribution in [3.05, 3.63) is 29.6 Å². The van der Waals surface area contributed by atoms with Gasteiger partial charge in [0, 0.05) is 13.6 Å². The third kappa shape index (κ3) is 1.89. The van der Waals surface area contributed by atoms with Crippen LogP contribution in [-0.4, -0.2) is 9.97 Å². The predicted molar refractivity (Wildman–Crippen MR) is 54.2 cm³/mol. The van der Waals surface area contributed by atoms with Crippen LogP contribution in [0.2, 0.25) is 0 Å². The molecule has 0 spiro atoms. The number of hydrogen-bond donors (Lipinski definition) is 1. The minimum Gasteiger partial charge on any atom is -0.342 e. The molecule has 0 aliphatic heterocycles. The second-order valence-corrected chi connectivity index (χ2v) is 2.61. The molecule has 4 heteroatoms. The van der Waals surface area contributed by atoms with E-state index in [-0.39, 0.29) is 1.43 Å². The number of aromatic nitrogens is 2. The van der Waals surface area contributed by atoms with Gasteiger partial charge in [0.2, 0.25) is 0 Å². The Morgan fingerprint density at radius 3 is 2.43 bits per heavy atom. The zero-order valence-corrected chi connectivity index (χ0v) is 8.36. The number of H-pyrrole nitrogens is 1. The van der Waals surface area contributed by atoms with Crippen LogP contribution in [-0.2, 0) is 0 Å². The van der Waals surface area contributed by atoms with E-state index < -0.39 is 11.6 Å². The molecule has 0 amide bonds. The lowest BCUT2D eigenvalue weighted by atomic mass is 10.3. The van der Waals surface area contributed by atoms with E-state index in [2.05, 4.69) is 9.97 Å². The first-order chi connectivity index (χ1) is 6.66. The molecular formula is C10H14F2N2. The van der Waals surface area contributed by atoms with Gasteiger partial charge >= 0.3 is 0 Å². The van der Waals surface area contributed by atoms with Gasteiger partial charge in [-0.05, 0) is 6.92 Å². The third-order valence-corrected chi connectivity index (χ3v) is 1.64. The molecule has 0 aliphatic rings. The number of benzene rings is 1. The van der Waals surface area contributed by atoms with E-state index in [1.807, 2.05) is 13.8 Å². The molecule has 2 aromatic rings. The third-order valence-electron chi connectivity index (χ3n) is 1.64. The van der Waals surface area contributed by atoms with Crippen molar-refractivity contribution in [1.82, 2.24) is 9.97 Å². The largest absolute Gasteiger partial charge is 0.342 e. The van der Waals surface area contributed by atoms with E-state index in [0.29, 0.717) is 16.9 Å². The van der Waals surface area contributed by atoms with Gasteiger partial charge in [0.25, 0.3) is 0 Å². The van der Waals surface area contributed by atoms with Crippen LogP contribution < -0.4 is 0 Å². The van der Waals surface area contributed by atoms with Crippen molar-refractivity contribution in [2.24, 2.45) is 0 Å². The first-order valence-corrected chi connectivity index (χ1v) is 4.48. The molecule has 2 nitrogen and oxygen atoms in total. The van der Waals surface area contributed by atoms with E-state index in [9.17, 15) is 8.78 Å². The number of nitrogens with one attached hydrogen (secondary N) is 1. The molecule has 0 saturated heterocycles. The highest BCUT2D eigenvalue weighted by Crippen LogP contribution is 2.15. The first-order valence-electron chi connectivity index (χ1n) is 4.48. The zero-order chi connectivity index (χ0) is 10.7. The number of imidazole rings is 1. The van der Waals surface area contributed by atoms with Crippen molar-refractivity contribution in [2.45, 2.75) is 20.8 Å². The Morgan fingerprint density at radius 2 is 1.79 bits per heavy atom. The summed E-state index contributed by atoms with van der Waals surface area (Å²) in [5.41, 5.74) is 0.970. The molecule has 0 aliphatic carbocycles. The van der Waals surface area contributed by atoms with E-state index in [1.165, 1.54) is 0 Å². The number of aromatic amines is 1. The number of hydrogen-bond acceptors (Lipinski definition) is 1. The minimum atomic E-state index is -0.867. The van der Waals surface area contributed by atoms with Crippen molar-refractivity contribution in [3.8, 4) is 0 Å². The van der Waals surface area contributed by atoms with E-state index in [4.69, 9.17) is 0 Å². The summed E-state index contributed by atoms with van der Waals surface area (Å²) in [6, 6.07) is 2.18. The molecule has 0 atom stereocenters. The monoisotopic (exact) mass is 200 g/mol. The van der Waals surface area contributed by atoms with Crippen LogP contribution in [0.4, 0.5) is 8.78 Å². The van der Waals surface area contributed by atoms with Gasteiger partial charge in [-0.25, -0.2) is 13.8 Å². The molecule has 2 rings (SSSR count). The Balaban J connectivity index is 0.000000617. The van der Waals surface area contributed by atoms with Crippen molar-refractivity contribution in [2.75, 3.05) is 0 Å². The van der Waals surface area contributed by atoms with Gasteiger partial charge in [-0.1, -0.05) is 13.8 Å². The van der Waals surface area contributed by atoms with Crippen molar-refractivity contribution in [1.29, 1.82) is 0 Å². The Hall–Kier alpha value is -1.45. The van der Waals surface area contributed by atoms with Crippen LogP contribution >= 0.6 is 0 Å². The van der Waals surface area contributed by atoms with Crippen LogP contribution in [0.15, 0.2) is 12.1 Å². The first kappa shape index (κ1) is 10.6. The van der Waals surface area contributed by atoms with Gasteiger partial charge in [-0.15, -0.1) is 0 Å². The summed E-state index contributed by atoms with van der Waals surface area (Å²) in [6.45, 7) is 5.73. The topological polar surface area (TPSA) is 28.7 Å². The van der Waals surface area contributed by atoms with Gasteiger partial charge < -0.3 is 4.98 Å². The van der Waals surface area contributed by atoms with E-state index >= 15 is 0 Å². The van der Waals surface area contributed by atoms with Crippen molar-refractivity contribution < 1.29 is 10.2 Å². The summed E-state index contributed by atoms with van der Waals surface area (Å²) >= 11 is 0. The van der Waals surface area contributed by atoms with Gasteiger partial charge in [0.05, 0.1) is 11.0 Å². The fraction of sp³-hybridized carbons (Fsp3) is 0.300. The fourth-order valence-corrected chi connectivity index (χ4v) is 1.13. The van der Waals surface area contributed by atoms with Gasteiger partial charge in [0.1, 0.15) is 5.82 Å². The highest BCUT2D eigenvalue weighted by Gasteiger charge is 2.05. The van der Waals surface area contributed by atoms with E-state index in [1.54, 1.807) is 6.92 Å². The minimum absolute atomic E-state index is 0. The van der Waals surface area contributed by atoms with Crippen molar-refractivity contribution in [3.63, 3.8) is 0 Å². The van der Waals surface area contributed by atoms with Crippen molar-refractivity contribution >= 4 is 11.0 Å². The Morgan fingerprint density at radius 1 is 1.21 bits per heavy atom. The second kappa shape index (κ2) is 4.17. The maximum Gasteiger partial charge on any atom is 0.161 e. The molecule has 14 heavy (non-hydrogen) atoms. The predicted octanol–water partition coefficient (Wildman–Crippen LogP) is 3.42. The number of aryl methyl sites for hydroxylation is 1. The standard InChI is InChI=1S/C8H6F2N2.C2H6.H2/c1-4-11-7-2-5(9)6(10)3-8(7)12-4;1-2;/h2-3H,1H3,(H,11,12);1-2H3;1H. The maximum atomic E-state index is 12.6. The summed E-state index contributed by atoms with van der Waals surface area (Å²) in [6.07, 6.45) is 0. The molecular weight excluding hydrogens is 186 g/mol. The summed E-state index contributed by atoms with van der Waals surface area (Å²) in [5, 5.41) is 0. The summed E-state index contributed by atoms with van der Waals surface area (Å²) in [7, 11) is 0. The molecule has 0 bridgehead atoms. The molecule has 1 heterocycles. The normalized spacial score (nSPS) is 9.79. The van der Waals surface area contributed by atoms with Crippen LogP contribution in [0, 0.1) is 18.6 Å². The highest BCUT2D eigenvalue weighted by molar-refractivity contribution is 5.75. The van der Waals surface area contributed by atoms with E-state index in [0.717, 1.165) is 12.1 Å². The molecule has 78 valence electrons. The van der Waals surface area contributed by atoms with Gasteiger partial charge in [0.15, 0.2) is 11.6 Å². The quantitative estimate of drug-likeness (QED) is 0.693. The number of halogens is 2. The average Bonchev–Trinajstić information content (AvgIpc) is 2.49. The molecule has 1 aromatic carbocycles. The van der Waals surface area contributed by atoms with Crippen LogP contribution in [0.1, 0.15) is 21.1 Å². The van der Waals surface area contributed by atoms with Gasteiger partial charge in [-0.3, -0.25) is 0 Å². The van der Waals surface area contributed by atoms with Gasteiger partial charge in [-0.2, -0.15) is 0 Å². The number of rotatable bonds is 0. The lowest BCUT2D eigenvalue weighted by molar-refractivity contribution is 0.510. The highest BCUT2D eigenvalue weighted by atomic mass is 19.2. The van der Waals surface area contributed by atoms with Crippen LogP contribution in [0.3, 0.4) is 0 Å². The smallest absolute Gasteiger partial charge is 0.161 e. The second-order valence-electron chi connectivity index (χ2n) is 2.61.